The van der Waals surface area contributed by atoms with Crippen LogP contribution in [0, 0.1) is 6.92 Å². The average molecular weight is 314 g/mol. The third-order valence-corrected chi connectivity index (χ3v) is 4.04. The van der Waals surface area contributed by atoms with Gasteiger partial charge in [-0.1, -0.05) is 0 Å². The lowest BCUT2D eigenvalue weighted by Crippen LogP contribution is -2.27. The Bertz CT molecular complexity index is 748. The van der Waals surface area contributed by atoms with Crippen molar-refractivity contribution in [3.63, 3.8) is 0 Å². The molecule has 120 valence electrons. The van der Waals surface area contributed by atoms with Gasteiger partial charge in [-0.15, -0.1) is 0 Å². The topological polar surface area (TPSA) is 88.4 Å². The number of rotatable bonds is 3. The van der Waals surface area contributed by atoms with Gasteiger partial charge < -0.3 is 14.7 Å². The number of anilines is 1. The molecule has 0 unspecified atom stereocenters. The van der Waals surface area contributed by atoms with Crippen LogP contribution in [0.3, 0.4) is 0 Å². The van der Waals surface area contributed by atoms with E-state index < -0.39 is 5.97 Å². The van der Waals surface area contributed by atoms with Crippen LogP contribution in [0.2, 0.25) is 0 Å². The molecule has 0 bridgehead atoms. The van der Waals surface area contributed by atoms with Gasteiger partial charge in [0.15, 0.2) is 0 Å². The second kappa shape index (κ2) is 6.20. The van der Waals surface area contributed by atoms with Gasteiger partial charge in [-0.2, -0.15) is 0 Å². The highest BCUT2D eigenvalue weighted by atomic mass is 16.5. The molecule has 7 heteroatoms. The maximum absolute atomic E-state index is 11.3. The number of aryl methyl sites for hydroxylation is 1. The SMILES string of the molecule is COc1cc(N2CCc3cc(C(=O)O)c(C)nc3CC2)ncn1. The maximum Gasteiger partial charge on any atom is 0.337 e. The zero-order chi connectivity index (χ0) is 16.4. The van der Waals surface area contributed by atoms with Crippen molar-refractivity contribution >= 4 is 11.8 Å². The van der Waals surface area contributed by atoms with Crippen LogP contribution in [-0.4, -0.2) is 46.2 Å². The minimum Gasteiger partial charge on any atom is -0.481 e. The van der Waals surface area contributed by atoms with E-state index in [-0.39, 0.29) is 5.56 Å². The Balaban J connectivity index is 1.86. The van der Waals surface area contributed by atoms with Gasteiger partial charge in [-0.25, -0.2) is 14.8 Å². The molecule has 0 aliphatic carbocycles. The standard InChI is InChI=1S/C16H18N4O3/c1-10-12(16(21)22)7-11-3-5-20(6-4-13(11)19-10)14-8-15(23-2)18-9-17-14/h7-9H,3-6H2,1-2H3,(H,21,22). The zero-order valence-electron chi connectivity index (χ0n) is 13.1. The molecule has 0 amide bonds. The summed E-state index contributed by atoms with van der Waals surface area (Å²) in [6.07, 6.45) is 2.97. The lowest BCUT2D eigenvalue weighted by atomic mass is 10.0. The summed E-state index contributed by atoms with van der Waals surface area (Å²) in [5, 5.41) is 9.24. The number of hydrogen-bond donors (Lipinski definition) is 1. The van der Waals surface area contributed by atoms with Gasteiger partial charge in [0.1, 0.15) is 12.1 Å². The molecule has 0 saturated heterocycles. The van der Waals surface area contributed by atoms with Crippen LogP contribution in [0.5, 0.6) is 5.88 Å². The summed E-state index contributed by atoms with van der Waals surface area (Å²) in [4.78, 5) is 26.2. The highest BCUT2D eigenvalue weighted by Gasteiger charge is 2.20. The number of carboxylic acids is 1. The fourth-order valence-corrected chi connectivity index (χ4v) is 2.80. The number of nitrogens with zero attached hydrogens (tertiary/aromatic N) is 4. The molecule has 3 heterocycles. The van der Waals surface area contributed by atoms with Gasteiger partial charge >= 0.3 is 5.97 Å². The normalized spacial score (nSPS) is 14.1. The van der Waals surface area contributed by atoms with Crippen LogP contribution < -0.4 is 9.64 Å². The van der Waals surface area contributed by atoms with E-state index in [2.05, 4.69) is 19.9 Å². The van der Waals surface area contributed by atoms with Gasteiger partial charge in [0.05, 0.1) is 18.4 Å². The van der Waals surface area contributed by atoms with Crippen molar-refractivity contribution in [2.24, 2.45) is 0 Å². The van der Waals surface area contributed by atoms with Gasteiger partial charge in [0.25, 0.3) is 0 Å². The second-order valence-electron chi connectivity index (χ2n) is 5.44. The molecule has 1 aliphatic heterocycles. The molecule has 0 aromatic carbocycles. The first-order valence-corrected chi connectivity index (χ1v) is 7.42. The smallest absolute Gasteiger partial charge is 0.337 e. The number of aromatic carboxylic acids is 1. The van der Waals surface area contributed by atoms with E-state index in [0.717, 1.165) is 43.0 Å². The van der Waals surface area contributed by atoms with E-state index in [4.69, 9.17) is 4.74 Å². The van der Waals surface area contributed by atoms with Crippen molar-refractivity contribution in [1.82, 2.24) is 15.0 Å². The molecule has 2 aromatic heterocycles. The Hall–Kier alpha value is -2.70. The predicted molar refractivity (Wildman–Crippen MR) is 84.1 cm³/mol. The molecule has 3 rings (SSSR count). The molecule has 1 aliphatic rings. The summed E-state index contributed by atoms with van der Waals surface area (Å²) >= 11 is 0. The van der Waals surface area contributed by atoms with Crippen molar-refractivity contribution in [1.29, 1.82) is 0 Å². The van der Waals surface area contributed by atoms with Gasteiger partial charge in [0.2, 0.25) is 5.88 Å². The number of ether oxygens (including phenoxy) is 1. The molecule has 0 radical (unpaired) electrons. The Morgan fingerprint density at radius 2 is 2.04 bits per heavy atom. The molecular formula is C16H18N4O3. The first kappa shape index (κ1) is 15.2. The van der Waals surface area contributed by atoms with Crippen molar-refractivity contribution in [2.75, 3.05) is 25.1 Å². The summed E-state index contributed by atoms with van der Waals surface area (Å²) in [6.45, 7) is 3.25. The van der Waals surface area contributed by atoms with E-state index >= 15 is 0 Å². The van der Waals surface area contributed by atoms with Crippen LogP contribution in [-0.2, 0) is 12.8 Å². The van der Waals surface area contributed by atoms with Crippen LogP contribution in [0.1, 0.15) is 27.3 Å². The zero-order valence-corrected chi connectivity index (χ0v) is 13.1. The number of fused-ring (bicyclic) bond motifs is 1. The number of aromatic nitrogens is 3. The Morgan fingerprint density at radius 1 is 1.26 bits per heavy atom. The highest BCUT2D eigenvalue weighted by molar-refractivity contribution is 5.89. The largest absolute Gasteiger partial charge is 0.481 e. The van der Waals surface area contributed by atoms with Crippen molar-refractivity contribution in [3.8, 4) is 5.88 Å². The number of carbonyl (C=O) groups is 1. The summed E-state index contributed by atoms with van der Waals surface area (Å²) in [5.41, 5.74) is 2.81. The van der Waals surface area contributed by atoms with Crippen LogP contribution in [0.25, 0.3) is 0 Å². The molecule has 0 spiro atoms. The molecule has 0 fully saturated rings. The molecular weight excluding hydrogens is 296 g/mol. The van der Waals surface area contributed by atoms with E-state index in [0.29, 0.717) is 11.6 Å². The average Bonchev–Trinajstić information content (AvgIpc) is 2.76. The Morgan fingerprint density at radius 3 is 2.78 bits per heavy atom. The molecule has 2 aromatic rings. The number of methoxy groups -OCH3 is 1. The van der Waals surface area contributed by atoms with Gasteiger partial charge in [-0.3, -0.25) is 4.98 Å². The van der Waals surface area contributed by atoms with Crippen LogP contribution >= 0.6 is 0 Å². The monoisotopic (exact) mass is 314 g/mol. The van der Waals surface area contributed by atoms with E-state index in [1.165, 1.54) is 6.33 Å². The summed E-state index contributed by atoms with van der Waals surface area (Å²) in [6, 6.07) is 3.56. The summed E-state index contributed by atoms with van der Waals surface area (Å²) < 4.78 is 5.14. The molecule has 1 N–H and O–H groups in total. The van der Waals surface area contributed by atoms with Crippen LogP contribution in [0.4, 0.5) is 5.82 Å². The number of pyridine rings is 1. The van der Waals surface area contributed by atoms with Gasteiger partial charge in [0, 0.05) is 31.3 Å². The predicted octanol–water partition coefficient (Wildman–Crippen LogP) is 1.49. The lowest BCUT2D eigenvalue weighted by Gasteiger charge is -2.21. The first-order valence-electron chi connectivity index (χ1n) is 7.42. The highest BCUT2D eigenvalue weighted by Crippen LogP contribution is 2.22. The maximum atomic E-state index is 11.3. The third kappa shape index (κ3) is 3.08. The Kier molecular flexibility index (Phi) is 4.10. The van der Waals surface area contributed by atoms with E-state index in [9.17, 15) is 9.90 Å². The minimum atomic E-state index is -0.931. The van der Waals surface area contributed by atoms with Crippen molar-refractivity contribution < 1.29 is 14.6 Å². The fourth-order valence-electron chi connectivity index (χ4n) is 2.80. The van der Waals surface area contributed by atoms with Crippen molar-refractivity contribution in [2.45, 2.75) is 19.8 Å². The molecule has 0 saturated carbocycles. The molecule has 23 heavy (non-hydrogen) atoms. The van der Waals surface area contributed by atoms with E-state index in [1.807, 2.05) is 0 Å². The minimum absolute atomic E-state index is 0.279. The van der Waals surface area contributed by atoms with Crippen LogP contribution in [0.15, 0.2) is 18.5 Å². The quantitative estimate of drug-likeness (QED) is 0.918. The first-order chi connectivity index (χ1) is 11.1. The summed E-state index contributed by atoms with van der Waals surface area (Å²) in [5.74, 6) is 0.401. The number of carboxylic acid groups (broad SMARTS) is 1. The second-order valence-corrected chi connectivity index (χ2v) is 5.44. The molecule has 0 atom stereocenters. The lowest BCUT2D eigenvalue weighted by molar-refractivity contribution is 0.0695. The Labute approximate surface area is 134 Å². The van der Waals surface area contributed by atoms with Crippen molar-refractivity contribution in [3.05, 3.63) is 41.0 Å². The van der Waals surface area contributed by atoms with Gasteiger partial charge in [-0.05, 0) is 25.0 Å². The third-order valence-electron chi connectivity index (χ3n) is 4.04. The fraction of sp³-hybridized carbons (Fsp3) is 0.375. The molecule has 7 nitrogen and oxygen atoms in total. The number of hydrogen-bond acceptors (Lipinski definition) is 6. The summed E-state index contributed by atoms with van der Waals surface area (Å²) in [7, 11) is 1.57. The van der Waals surface area contributed by atoms with E-state index in [1.54, 1.807) is 26.2 Å².